The molecule has 3 rings (SSSR count). The van der Waals surface area contributed by atoms with Crippen LogP contribution in [0.5, 0.6) is 0 Å². The third-order valence-corrected chi connectivity index (χ3v) is 6.53. The minimum Gasteiger partial charge on any atom is -0.339 e. The third-order valence-electron chi connectivity index (χ3n) is 4.76. The fourth-order valence-electron chi connectivity index (χ4n) is 3.51. The zero-order valence-electron chi connectivity index (χ0n) is 12.4. The fourth-order valence-corrected chi connectivity index (χ4v) is 5.25. The Labute approximate surface area is 125 Å². The highest BCUT2D eigenvalue weighted by Gasteiger charge is 2.34. The average molecular weight is 313 g/mol. The highest BCUT2D eigenvalue weighted by atomic mass is 32.2. The molecule has 3 atom stereocenters. The fraction of sp³-hybridized carbons (Fsp3) is 0.857. The molecular formula is C14H23N3O3S. The summed E-state index contributed by atoms with van der Waals surface area (Å²) in [4.78, 5) is 4.54. The minimum atomic E-state index is -2.91. The first-order valence-electron chi connectivity index (χ1n) is 7.80. The second-order valence-corrected chi connectivity index (χ2v) is 8.46. The Morgan fingerprint density at radius 2 is 2.00 bits per heavy atom. The molecule has 0 aromatic carbocycles. The molecule has 2 aliphatic rings. The molecule has 21 heavy (non-hydrogen) atoms. The molecule has 1 aromatic rings. The number of rotatable bonds is 3. The summed E-state index contributed by atoms with van der Waals surface area (Å²) in [5.74, 6) is 1.81. The van der Waals surface area contributed by atoms with E-state index in [-0.39, 0.29) is 23.3 Å². The van der Waals surface area contributed by atoms with Gasteiger partial charge in [0.1, 0.15) is 0 Å². The summed E-state index contributed by atoms with van der Waals surface area (Å²) in [6.07, 6.45) is 6.44. The molecule has 0 bridgehead atoms. The van der Waals surface area contributed by atoms with Crippen LogP contribution in [0.25, 0.3) is 0 Å². The predicted octanol–water partition coefficient (Wildman–Crippen LogP) is 1.61. The quantitative estimate of drug-likeness (QED) is 0.853. The van der Waals surface area contributed by atoms with Gasteiger partial charge in [-0.25, -0.2) is 8.42 Å². The average Bonchev–Trinajstić information content (AvgIpc) is 2.99. The van der Waals surface area contributed by atoms with Gasteiger partial charge in [0.05, 0.1) is 17.4 Å². The molecular weight excluding hydrogens is 290 g/mol. The van der Waals surface area contributed by atoms with Gasteiger partial charge in [0, 0.05) is 12.0 Å². The molecule has 3 unspecified atom stereocenters. The van der Waals surface area contributed by atoms with E-state index in [1.54, 1.807) is 0 Å². The number of likely N-dealkylation sites (N-methyl/N-ethyl adjacent to an activating group) is 1. The van der Waals surface area contributed by atoms with E-state index >= 15 is 0 Å². The highest BCUT2D eigenvalue weighted by Crippen LogP contribution is 2.33. The Morgan fingerprint density at radius 1 is 1.19 bits per heavy atom. The highest BCUT2D eigenvalue weighted by molar-refractivity contribution is 7.91. The summed E-state index contributed by atoms with van der Waals surface area (Å²) < 4.78 is 28.6. The zero-order valence-corrected chi connectivity index (χ0v) is 13.2. The van der Waals surface area contributed by atoms with Gasteiger partial charge >= 0.3 is 0 Å². The van der Waals surface area contributed by atoms with Crippen molar-refractivity contribution in [2.75, 3.05) is 18.6 Å². The largest absolute Gasteiger partial charge is 0.339 e. The molecule has 2 fully saturated rings. The van der Waals surface area contributed by atoms with Crippen molar-refractivity contribution in [2.24, 2.45) is 0 Å². The van der Waals surface area contributed by atoms with Crippen molar-refractivity contribution < 1.29 is 12.9 Å². The Morgan fingerprint density at radius 3 is 2.71 bits per heavy atom. The van der Waals surface area contributed by atoms with Crippen LogP contribution in [0.15, 0.2) is 4.52 Å². The molecule has 1 aliphatic heterocycles. The minimum absolute atomic E-state index is 0.0914. The number of aromatic nitrogens is 2. The predicted molar refractivity (Wildman–Crippen MR) is 79.0 cm³/mol. The molecule has 1 aromatic heterocycles. The molecule has 118 valence electrons. The van der Waals surface area contributed by atoms with Crippen LogP contribution in [-0.4, -0.2) is 43.2 Å². The number of nitrogens with one attached hydrogen (secondary N) is 1. The lowest BCUT2D eigenvalue weighted by atomic mass is 9.95. The monoisotopic (exact) mass is 313 g/mol. The Kier molecular flexibility index (Phi) is 4.31. The summed E-state index contributed by atoms with van der Waals surface area (Å²) in [5, 5.41) is 7.42. The van der Waals surface area contributed by atoms with Gasteiger partial charge in [-0.15, -0.1) is 0 Å². The first-order chi connectivity index (χ1) is 10.1. The number of hydrogen-bond donors (Lipinski definition) is 1. The summed E-state index contributed by atoms with van der Waals surface area (Å²) >= 11 is 0. The molecule has 0 amide bonds. The van der Waals surface area contributed by atoms with E-state index in [1.165, 1.54) is 19.3 Å². The molecule has 1 saturated heterocycles. The second kappa shape index (κ2) is 6.04. The SMILES string of the molecule is CNC1CCCCCC1c1nc(C2CCS(=O)(=O)C2)no1. The van der Waals surface area contributed by atoms with Gasteiger partial charge < -0.3 is 9.84 Å². The maximum Gasteiger partial charge on any atom is 0.231 e. The normalized spacial score (nSPS) is 32.9. The van der Waals surface area contributed by atoms with Crippen molar-refractivity contribution in [2.45, 2.75) is 56.4 Å². The zero-order chi connectivity index (χ0) is 14.9. The lowest BCUT2D eigenvalue weighted by Gasteiger charge is -2.21. The van der Waals surface area contributed by atoms with Crippen molar-refractivity contribution in [3.8, 4) is 0 Å². The van der Waals surface area contributed by atoms with Crippen molar-refractivity contribution >= 4 is 9.84 Å². The smallest absolute Gasteiger partial charge is 0.231 e. The number of hydrogen-bond acceptors (Lipinski definition) is 6. The molecule has 0 spiro atoms. The first kappa shape index (κ1) is 15.0. The summed E-state index contributed by atoms with van der Waals surface area (Å²) in [6, 6.07) is 0.369. The third kappa shape index (κ3) is 3.29. The van der Waals surface area contributed by atoms with Crippen molar-refractivity contribution in [3.05, 3.63) is 11.7 Å². The Bertz CT molecular complexity index is 584. The van der Waals surface area contributed by atoms with Crippen LogP contribution >= 0.6 is 0 Å². The van der Waals surface area contributed by atoms with E-state index in [2.05, 4.69) is 15.5 Å². The molecule has 0 radical (unpaired) electrons. The molecule has 2 heterocycles. The van der Waals surface area contributed by atoms with Crippen LogP contribution in [-0.2, 0) is 9.84 Å². The summed E-state index contributed by atoms with van der Waals surface area (Å²) in [5.41, 5.74) is 0. The van der Waals surface area contributed by atoms with E-state index in [9.17, 15) is 8.42 Å². The molecule has 1 aliphatic carbocycles. The Hall–Kier alpha value is -0.950. The van der Waals surface area contributed by atoms with E-state index in [0.29, 0.717) is 24.2 Å². The molecule has 6 nitrogen and oxygen atoms in total. The van der Waals surface area contributed by atoms with Crippen molar-refractivity contribution in [1.29, 1.82) is 0 Å². The van der Waals surface area contributed by atoms with Crippen LogP contribution in [0.4, 0.5) is 0 Å². The van der Waals surface area contributed by atoms with Gasteiger partial charge in [-0.1, -0.05) is 24.4 Å². The summed E-state index contributed by atoms with van der Waals surface area (Å²) in [7, 11) is -0.938. The van der Waals surface area contributed by atoms with Crippen molar-refractivity contribution in [3.63, 3.8) is 0 Å². The lowest BCUT2D eigenvalue weighted by Crippen LogP contribution is -2.31. The van der Waals surface area contributed by atoms with Crippen LogP contribution in [0.1, 0.15) is 62.1 Å². The van der Waals surface area contributed by atoms with Gasteiger partial charge in [0.15, 0.2) is 15.7 Å². The number of sulfone groups is 1. The summed E-state index contributed by atoms with van der Waals surface area (Å²) in [6.45, 7) is 0. The second-order valence-electron chi connectivity index (χ2n) is 6.23. The molecule has 1 N–H and O–H groups in total. The topological polar surface area (TPSA) is 85.1 Å². The lowest BCUT2D eigenvalue weighted by molar-refractivity contribution is 0.308. The molecule has 7 heteroatoms. The standard InChI is InChI=1S/C14H23N3O3S/c1-15-12-6-4-2-3-5-11(12)14-16-13(17-20-14)10-7-8-21(18,19)9-10/h10-12,15H,2-9H2,1H3. The van der Waals surface area contributed by atoms with Crippen LogP contribution in [0, 0.1) is 0 Å². The Balaban J connectivity index is 1.77. The van der Waals surface area contributed by atoms with E-state index < -0.39 is 9.84 Å². The van der Waals surface area contributed by atoms with Crippen LogP contribution in [0.2, 0.25) is 0 Å². The van der Waals surface area contributed by atoms with E-state index in [4.69, 9.17) is 4.52 Å². The van der Waals surface area contributed by atoms with Crippen LogP contribution < -0.4 is 5.32 Å². The van der Waals surface area contributed by atoms with Crippen LogP contribution in [0.3, 0.4) is 0 Å². The van der Waals surface area contributed by atoms with Gasteiger partial charge in [-0.05, 0) is 26.3 Å². The van der Waals surface area contributed by atoms with Gasteiger partial charge in [-0.3, -0.25) is 0 Å². The maximum absolute atomic E-state index is 11.6. The molecule has 1 saturated carbocycles. The van der Waals surface area contributed by atoms with E-state index in [0.717, 1.165) is 12.8 Å². The number of nitrogens with zero attached hydrogens (tertiary/aromatic N) is 2. The first-order valence-corrected chi connectivity index (χ1v) is 9.62. The van der Waals surface area contributed by atoms with Gasteiger partial charge in [-0.2, -0.15) is 4.98 Å². The van der Waals surface area contributed by atoms with Crippen molar-refractivity contribution in [1.82, 2.24) is 15.5 Å². The maximum atomic E-state index is 11.6. The van der Waals surface area contributed by atoms with Gasteiger partial charge in [0.2, 0.25) is 5.89 Å². The van der Waals surface area contributed by atoms with E-state index in [1.807, 2.05) is 7.05 Å². The van der Waals surface area contributed by atoms with Gasteiger partial charge in [0.25, 0.3) is 0 Å².